The lowest BCUT2D eigenvalue weighted by Gasteiger charge is -2.39. The molecular formula is C14H18O8. The summed E-state index contributed by atoms with van der Waals surface area (Å²) in [6.07, 6.45) is -7.03. The molecule has 0 spiro atoms. The van der Waals surface area contributed by atoms with Crippen molar-refractivity contribution in [1.29, 1.82) is 0 Å². The van der Waals surface area contributed by atoms with E-state index in [1.54, 1.807) is 12.1 Å². The highest BCUT2D eigenvalue weighted by molar-refractivity contribution is 5.92. The molecule has 1 aromatic rings. The first-order chi connectivity index (χ1) is 10.5. The first kappa shape index (κ1) is 16.7. The van der Waals surface area contributed by atoms with Gasteiger partial charge in [-0.05, 0) is 12.1 Å². The van der Waals surface area contributed by atoms with E-state index in [0.29, 0.717) is 0 Å². The van der Waals surface area contributed by atoms with Gasteiger partial charge in [0, 0.05) is 0 Å². The highest BCUT2D eigenvalue weighted by Crippen LogP contribution is 2.26. The lowest BCUT2D eigenvalue weighted by atomic mass is 9.99. The lowest BCUT2D eigenvalue weighted by molar-refractivity contribution is -0.277. The van der Waals surface area contributed by atoms with E-state index < -0.39 is 43.3 Å². The van der Waals surface area contributed by atoms with Crippen molar-refractivity contribution in [3.8, 4) is 5.75 Å². The molecule has 4 N–H and O–H groups in total. The number of esters is 1. The van der Waals surface area contributed by atoms with Gasteiger partial charge in [-0.25, -0.2) is 4.79 Å². The molecule has 5 atom stereocenters. The number of aliphatic hydroxyl groups is 4. The average Bonchev–Trinajstić information content (AvgIpc) is 2.55. The number of carbonyl (C=O) groups is 1. The quantitative estimate of drug-likeness (QED) is 0.503. The van der Waals surface area contributed by atoms with Gasteiger partial charge in [0.25, 0.3) is 0 Å². The van der Waals surface area contributed by atoms with Crippen molar-refractivity contribution in [2.45, 2.75) is 30.7 Å². The van der Waals surface area contributed by atoms with Crippen molar-refractivity contribution in [1.82, 2.24) is 0 Å². The van der Waals surface area contributed by atoms with Crippen molar-refractivity contribution < 1.29 is 39.4 Å². The summed E-state index contributed by atoms with van der Waals surface area (Å²) in [5, 5.41) is 38.4. The van der Waals surface area contributed by atoms with E-state index in [4.69, 9.17) is 14.6 Å². The number of methoxy groups -OCH3 is 1. The Labute approximate surface area is 126 Å². The molecule has 1 aromatic carbocycles. The zero-order valence-corrected chi connectivity index (χ0v) is 11.8. The van der Waals surface area contributed by atoms with Crippen LogP contribution < -0.4 is 4.74 Å². The summed E-state index contributed by atoms with van der Waals surface area (Å²) in [6.45, 7) is -0.566. The van der Waals surface area contributed by atoms with Crippen LogP contribution >= 0.6 is 0 Å². The van der Waals surface area contributed by atoms with E-state index in [2.05, 4.69) is 4.74 Å². The number of hydrogen-bond acceptors (Lipinski definition) is 8. The molecule has 1 heterocycles. The number of aliphatic hydroxyl groups excluding tert-OH is 4. The molecule has 0 aromatic heterocycles. The van der Waals surface area contributed by atoms with Gasteiger partial charge in [0.2, 0.25) is 6.29 Å². The van der Waals surface area contributed by atoms with Crippen LogP contribution in [0.4, 0.5) is 0 Å². The van der Waals surface area contributed by atoms with Gasteiger partial charge in [-0.15, -0.1) is 0 Å². The molecule has 2 rings (SSSR count). The van der Waals surface area contributed by atoms with Crippen LogP contribution in [0.5, 0.6) is 5.75 Å². The van der Waals surface area contributed by atoms with Gasteiger partial charge in [0.05, 0.1) is 13.7 Å². The second-order valence-electron chi connectivity index (χ2n) is 4.80. The fraction of sp³-hybridized carbons (Fsp3) is 0.500. The van der Waals surface area contributed by atoms with Crippen molar-refractivity contribution in [3.63, 3.8) is 0 Å². The van der Waals surface area contributed by atoms with Crippen LogP contribution in [-0.4, -0.2) is 70.8 Å². The van der Waals surface area contributed by atoms with Crippen LogP contribution in [0, 0.1) is 0 Å². The average molecular weight is 314 g/mol. The summed E-state index contributed by atoms with van der Waals surface area (Å²) in [6, 6.07) is 6.14. The molecule has 1 saturated heterocycles. The third-order valence-electron chi connectivity index (χ3n) is 3.38. The predicted octanol–water partition coefficient (Wildman–Crippen LogP) is -1.35. The topological polar surface area (TPSA) is 126 Å². The highest BCUT2D eigenvalue weighted by Gasteiger charge is 2.44. The van der Waals surface area contributed by atoms with E-state index in [1.807, 2.05) is 0 Å². The fourth-order valence-corrected chi connectivity index (χ4v) is 2.14. The molecule has 0 aliphatic carbocycles. The molecule has 8 heteroatoms. The Morgan fingerprint density at radius 3 is 2.50 bits per heavy atom. The smallest absolute Gasteiger partial charge is 0.341 e. The number of rotatable bonds is 4. The van der Waals surface area contributed by atoms with E-state index in [-0.39, 0.29) is 11.3 Å². The van der Waals surface area contributed by atoms with E-state index in [0.717, 1.165) is 0 Å². The van der Waals surface area contributed by atoms with Gasteiger partial charge < -0.3 is 34.6 Å². The number of benzene rings is 1. The molecule has 1 unspecified atom stereocenters. The van der Waals surface area contributed by atoms with E-state index in [9.17, 15) is 20.1 Å². The first-order valence-electron chi connectivity index (χ1n) is 6.64. The van der Waals surface area contributed by atoms with Gasteiger partial charge in [0.1, 0.15) is 35.7 Å². The number of ether oxygens (including phenoxy) is 3. The number of carbonyl (C=O) groups excluding carboxylic acids is 1. The fourth-order valence-electron chi connectivity index (χ4n) is 2.14. The molecule has 0 saturated carbocycles. The number of para-hydroxylation sites is 1. The minimum absolute atomic E-state index is 0.0821. The molecule has 8 nitrogen and oxygen atoms in total. The Hall–Kier alpha value is -1.71. The third kappa shape index (κ3) is 3.21. The lowest BCUT2D eigenvalue weighted by Crippen LogP contribution is -2.60. The predicted molar refractivity (Wildman–Crippen MR) is 72.2 cm³/mol. The second-order valence-corrected chi connectivity index (χ2v) is 4.80. The van der Waals surface area contributed by atoms with Gasteiger partial charge in [-0.3, -0.25) is 0 Å². The molecule has 22 heavy (non-hydrogen) atoms. The molecule has 1 aliphatic rings. The SMILES string of the molecule is COC(=O)c1ccccc1OC1O[C@H](CO)[C@@H](O)[C@H](O)[C@H]1O. The summed E-state index contributed by atoms with van der Waals surface area (Å²) in [5.41, 5.74) is 0.113. The van der Waals surface area contributed by atoms with Crippen molar-refractivity contribution in [2.75, 3.05) is 13.7 Å². The standard InChI is InChI=1S/C14H18O8/c1-20-13(19)7-4-2-3-5-8(7)21-14-12(18)11(17)10(16)9(6-15)22-14/h2-5,9-12,14-18H,6H2,1H3/t9-,10-,11+,12-,14?/m1/s1. The summed E-state index contributed by atoms with van der Waals surface area (Å²) < 4.78 is 15.3. The van der Waals surface area contributed by atoms with Crippen molar-refractivity contribution in [3.05, 3.63) is 29.8 Å². The van der Waals surface area contributed by atoms with Gasteiger partial charge in [-0.2, -0.15) is 0 Å². The highest BCUT2D eigenvalue weighted by atomic mass is 16.7. The maximum absolute atomic E-state index is 11.7. The van der Waals surface area contributed by atoms with Crippen LogP contribution in [-0.2, 0) is 9.47 Å². The minimum Gasteiger partial charge on any atom is -0.465 e. The van der Waals surface area contributed by atoms with Gasteiger partial charge in [-0.1, -0.05) is 12.1 Å². The Morgan fingerprint density at radius 2 is 1.86 bits per heavy atom. The normalized spacial score (nSPS) is 31.6. The molecule has 0 amide bonds. The Kier molecular flexibility index (Phi) is 5.33. The van der Waals surface area contributed by atoms with Crippen LogP contribution in [0.25, 0.3) is 0 Å². The van der Waals surface area contributed by atoms with Gasteiger partial charge in [0.15, 0.2) is 0 Å². The second kappa shape index (κ2) is 7.03. The van der Waals surface area contributed by atoms with Crippen LogP contribution in [0.3, 0.4) is 0 Å². The van der Waals surface area contributed by atoms with Gasteiger partial charge >= 0.3 is 5.97 Å². The summed E-state index contributed by atoms with van der Waals surface area (Å²) >= 11 is 0. The molecular weight excluding hydrogens is 296 g/mol. The largest absolute Gasteiger partial charge is 0.465 e. The Morgan fingerprint density at radius 1 is 1.18 bits per heavy atom. The van der Waals surface area contributed by atoms with Crippen molar-refractivity contribution >= 4 is 5.97 Å². The molecule has 1 aliphatic heterocycles. The minimum atomic E-state index is -1.55. The third-order valence-corrected chi connectivity index (χ3v) is 3.38. The van der Waals surface area contributed by atoms with E-state index >= 15 is 0 Å². The summed E-state index contributed by atoms with van der Waals surface area (Å²) in [5.74, 6) is -0.557. The molecule has 0 bridgehead atoms. The maximum Gasteiger partial charge on any atom is 0.341 e. The van der Waals surface area contributed by atoms with Crippen molar-refractivity contribution in [2.24, 2.45) is 0 Å². The summed E-state index contributed by atoms with van der Waals surface area (Å²) in [4.78, 5) is 11.7. The molecule has 122 valence electrons. The maximum atomic E-state index is 11.7. The van der Waals surface area contributed by atoms with Crippen LogP contribution in [0.15, 0.2) is 24.3 Å². The molecule has 1 fully saturated rings. The Balaban J connectivity index is 2.21. The van der Waals surface area contributed by atoms with Crippen LogP contribution in [0.2, 0.25) is 0 Å². The molecule has 0 radical (unpaired) electrons. The number of hydrogen-bond donors (Lipinski definition) is 4. The monoisotopic (exact) mass is 314 g/mol. The Bertz CT molecular complexity index is 517. The van der Waals surface area contributed by atoms with Crippen LogP contribution in [0.1, 0.15) is 10.4 Å². The zero-order chi connectivity index (χ0) is 16.3. The summed E-state index contributed by atoms with van der Waals surface area (Å²) in [7, 11) is 1.22. The van der Waals surface area contributed by atoms with E-state index in [1.165, 1.54) is 19.2 Å². The first-order valence-corrected chi connectivity index (χ1v) is 6.64. The zero-order valence-electron chi connectivity index (χ0n) is 11.8.